The van der Waals surface area contributed by atoms with Gasteiger partial charge in [0, 0.05) is 51.2 Å². The molecule has 4 rings (SSSR count). The Bertz CT molecular complexity index is 1610. The van der Waals surface area contributed by atoms with Gasteiger partial charge in [-0.3, -0.25) is 29.0 Å². The summed E-state index contributed by atoms with van der Waals surface area (Å²) in [4.78, 5) is 78.6. The van der Waals surface area contributed by atoms with E-state index < -0.39 is 53.7 Å². The highest BCUT2D eigenvalue weighted by Crippen LogP contribution is 2.24. The largest absolute Gasteiger partial charge is 0.370 e. The number of benzene rings is 2. The molecule has 15 nitrogen and oxygen atoms in total. The molecule has 15 heteroatoms. The fraction of sp³-hybridized carbons (Fsp3) is 0.364. The number of aromatic nitrogens is 2. The van der Waals surface area contributed by atoms with Crippen LogP contribution in [0.25, 0.3) is 0 Å². The fourth-order valence-corrected chi connectivity index (χ4v) is 5.64. The van der Waals surface area contributed by atoms with Crippen molar-refractivity contribution in [2.75, 3.05) is 6.54 Å². The molecule has 0 radical (unpaired) electrons. The van der Waals surface area contributed by atoms with Gasteiger partial charge in [0.05, 0.1) is 6.33 Å². The van der Waals surface area contributed by atoms with E-state index in [0.29, 0.717) is 12.1 Å². The van der Waals surface area contributed by atoms with Crippen LogP contribution in [-0.4, -0.2) is 81.1 Å². The number of nitrogens with zero attached hydrogens (tertiary/aromatic N) is 3. The third-order valence-corrected chi connectivity index (χ3v) is 8.01. The molecule has 3 aromatic rings. The average Bonchev–Trinajstić information content (AvgIpc) is 3.57. The predicted octanol–water partition coefficient (Wildman–Crippen LogP) is -0.838. The van der Waals surface area contributed by atoms with Crippen molar-refractivity contribution in [1.82, 2.24) is 30.8 Å². The zero-order valence-electron chi connectivity index (χ0n) is 26.7. The Kier molecular flexibility index (Phi) is 12.2. The molecule has 1 aliphatic heterocycles. The summed E-state index contributed by atoms with van der Waals surface area (Å²) in [5.74, 6) is -2.96. The Morgan fingerprint density at radius 1 is 0.896 bits per heavy atom. The quantitative estimate of drug-likeness (QED) is 0.0615. The van der Waals surface area contributed by atoms with E-state index >= 15 is 0 Å². The number of hydrogen-bond acceptors (Lipinski definition) is 7. The van der Waals surface area contributed by atoms with E-state index in [1.54, 1.807) is 12.1 Å². The zero-order chi connectivity index (χ0) is 34.6. The molecule has 2 aromatic carbocycles. The Balaban J connectivity index is 1.60. The number of aliphatic imine (C=N–C) groups is 1. The minimum atomic E-state index is -1.14. The van der Waals surface area contributed by atoms with Gasteiger partial charge in [0.15, 0.2) is 5.96 Å². The standard InChI is InChI=1S/C33H42N10O5/c1-20(44)40-27(16-24-17-37-19-39-24)31(47)42-26(14-21-8-3-2-4-9-21)30(46)41-25(12-7-13-38-33(35)36)32(48)43-18-23-11-6-5-10-22(23)15-28(43)29(34)45/h2-6,8-11,17,19,25-28H,7,12-16,18H2,1H3,(H2,34,45)(H,37,39)(H,40,44)(H,41,46)(H,42,47)(H4,35,36,38)/t25-,26+,27-,28+/m0/s1. The molecule has 1 aromatic heterocycles. The third-order valence-electron chi connectivity index (χ3n) is 8.01. The Morgan fingerprint density at radius 3 is 2.17 bits per heavy atom. The average molecular weight is 659 g/mol. The lowest BCUT2D eigenvalue weighted by molar-refractivity contribution is -0.144. The van der Waals surface area contributed by atoms with Gasteiger partial charge < -0.3 is 43.0 Å². The number of carbonyl (C=O) groups excluding carboxylic acids is 5. The molecule has 1 aliphatic rings. The van der Waals surface area contributed by atoms with Crippen LogP contribution < -0.4 is 33.2 Å². The lowest BCUT2D eigenvalue weighted by Crippen LogP contribution is -2.60. The first kappa shape index (κ1) is 35.1. The van der Waals surface area contributed by atoms with Crippen LogP contribution in [0.1, 0.15) is 42.1 Å². The first-order valence-corrected chi connectivity index (χ1v) is 15.6. The molecule has 4 atom stereocenters. The smallest absolute Gasteiger partial charge is 0.246 e. The molecule has 0 bridgehead atoms. The summed E-state index contributed by atoms with van der Waals surface area (Å²) < 4.78 is 0. The van der Waals surface area contributed by atoms with Crippen molar-refractivity contribution in [3.8, 4) is 0 Å². The van der Waals surface area contributed by atoms with Crippen molar-refractivity contribution < 1.29 is 24.0 Å². The molecule has 254 valence electrons. The van der Waals surface area contributed by atoms with Gasteiger partial charge in [0.1, 0.15) is 24.2 Å². The molecular weight excluding hydrogens is 616 g/mol. The van der Waals surface area contributed by atoms with E-state index in [9.17, 15) is 24.0 Å². The first-order valence-electron chi connectivity index (χ1n) is 15.6. The van der Waals surface area contributed by atoms with E-state index in [2.05, 4.69) is 30.9 Å². The van der Waals surface area contributed by atoms with Gasteiger partial charge >= 0.3 is 0 Å². The molecule has 0 unspecified atom stereocenters. The van der Waals surface area contributed by atoms with Gasteiger partial charge in [-0.15, -0.1) is 0 Å². The van der Waals surface area contributed by atoms with E-state index in [4.69, 9.17) is 17.2 Å². The summed E-state index contributed by atoms with van der Waals surface area (Å²) >= 11 is 0. The van der Waals surface area contributed by atoms with E-state index in [1.807, 2.05) is 42.5 Å². The summed E-state index contributed by atoms with van der Waals surface area (Å²) in [5, 5.41) is 8.23. The molecule has 0 saturated heterocycles. The van der Waals surface area contributed by atoms with Crippen LogP contribution in [0.4, 0.5) is 0 Å². The maximum Gasteiger partial charge on any atom is 0.246 e. The SMILES string of the molecule is CC(=O)N[C@@H](Cc1cnc[nH]1)C(=O)N[C@H](Cc1ccccc1)C(=O)N[C@@H](CCCN=C(N)N)C(=O)N1Cc2ccccc2C[C@@H]1C(N)=O. The number of fused-ring (bicyclic) bond motifs is 1. The van der Waals surface area contributed by atoms with Crippen molar-refractivity contribution in [2.45, 2.75) is 69.7 Å². The van der Waals surface area contributed by atoms with Gasteiger partial charge in [-0.2, -0.15) is 0 Å². The first-order chi connectivity index (χ1) is 23.0. The lowest BCUT2D eigenvalue weighted by atomic mass is 9.92. The number of imidazole rings is 1. The van der Waals surface area contributed by atoms with Crippen molar-refractivity contribution in [2.24, 2.45) is 22.2 Å². The highest BCUT2D eigenvalue weighted by atomic mass is 16.2. The molecule has 48 heavy (non-hydrogen) atoms. The van der Waals surface area contributed by atoms with E-state index in [0.717, 1.165) is 16.7 Å². The second kappa shape index (κ2) is 16.7. The zero-order valence-corrected chi connectivity index (χ0v) is 26.7. The Morgan fingerprint density at radius 2 is 1.54 bits per heavy atom. The number of amides is 5. The van der Waals surface area contributed by atoms with Gasteiger partial charge in [0.2, 0.25) is 29.5 Å². The van der Waals surface area contributed by atoms with Crippen molar-refractivity contribution in [1.29, 1.82) is 0 Å². The second-order valence-electron chi connectivity index (χ2n) is 11.7. The molecular formula is C33H42N10O5. The maximum absolute atomic E-state index is 14.2. The number of primary amides is 1. The summed E-state index contributed by atoms with van der Waals surface area (Å²) in [5.41, 5.74) is 19.8. The summed E-state index contributed by atoms with van der Waals surface area (Å²) in [6, 6.07) is 12.3. The van der Waals surface area contributed by atoms with E-state index in [-0.39, 0.29) is 44.7 Å². The monoisotopic (exact) mass is 658 g/mol. The number of hydrogen-bond donors (Lipinski definition) is 7. The van der Waals surface area contributed by atoms with Gasteiger partial charge in [-0.1, -0.05) is 54.6 Å². The van der Waals surface area contributed by atoms with Crippen LogP contribution in [0.3, 0.4) is 0 Å². The fourth-order valence-electron chi connectivity index (χ4n) is 5.64. The summed E-state index contributed by atoms with van der Waals surface area (Å²) in [6.45, 7) is 1.61. The number of rotatable bonds is 15. The number of nitrogens with one attached hydrogen (secondary N) is 4. The van der Waals surface area contributed by atoms with E-state index in [1.165, 1.54) is 24.3 Å². The number of nitrogens with two attached hydrogens (primary N) is 3. The molecule has 0 spiro atoms. The van der Waals surface area contributed by atoms with Crippen molar-refractivity contribution in [3.63, 3.8) is 0 Å². The predicted molar refractivity (Wildman–Crippen MR) is 177 cm³/mol. The van der Waals surface area contributed by atoms with Gasteiger partial charge in [0.25, 0.3) is 0 Å². The topological polar surface area (TPSA) is 244 Å². The summed E-state index contributed by atoms with van der Waals surface area (Å²) in [6.07, 6.45) is 3.87. The van der Waals surface area contributed by atoms with Crippen LogP contribution >= 0.6 is 0 Å². The van der Waals surface area contributed by atoms with Gasteiger partial charge in [-0.05, 0) is 29.5 Å². The maximum atomic E-state index is 14.2. The number of H-pyrrole nitrogens is 1. The third kappa shape index (κ3) is 9.88. The van der Waals surface area contributed by atoms with Crippen molar-refractivity contribution >= 4 is 35.5 Å². The molecule has 0 fully saturated rings. The highest BCUT2D eigenvalue weighted by Gasteiger charge is 2.38. The lowest BCUT2D eigenvalue weighted by Gasteiger charge is -2.37. The molecule has 5 amide bonds. The second-order valence-corrected chi connectivity index (χ2v) is 11.7. The van der Waals surface area contributed by atoms with Crippen LogP contribution in [0, 0.1) is 0 Å². The Hall–Kier alpha value is -5.73. The molecule has 0 aliphatic carbocycles. The van der Waals surface area contributed by atoms with Crippen LogP contribution in [0.2, 0.25) is 0 Å². The Labute approximate surface area is 278 Å². The number of aromatic amines is 1. The molecule has 10 N–H and O–H groups in total. The minimum absolute atomic E-state index is 0.0885. The van der Waals surface area contributed by atoms with Gasteiger partial charge in [-0.25, -0.2) is 4.98 Å². The van der Waals surface area contributed by atoms with Crippen LogP contribution in [-0.2, 0) is 49.8 Å². The molecule has 2 heterocycles. The van der Waals surface area contributed by atoms with Crippen molar-refractivity contribution in [3.05, 3.63) is 89.5 Å². The number of guanidine groups is 1. The summed E-state index contributed by atoms with van der Waals surface area (Å²) in [7, 11) is 0. The minimum Gasteiger partial charge on any atom is -0.370 e. The van der Waals surface area contributed by atoms with Crippen LogP contribution in [0.15, 0.2) is 72.1 Å². The number of carbonyl (C=O) groups is 5. The highest BCUT2D eigenvalue weighted by molar-refractivity contribution is 5.95. The normalized spacial score (nSPS) is 15.6. The van der Waals surface area contributed by atoms with Crippen LogP contribution in [0.5, 0.6) is 0 Å². The molecule has 0 saturated carbocycles.